The van der Waals surface area contributed by atoms with Gasteiger partial charge >= 0.3 is 0 Å². The number of phenolic OH excluding ortho intramolecular Hbond substituents is 1. The van der Waals surface area contributed by atoms with Gasteiger partial charge in [-0.3, -0.25) is 9.36 Å². The Bertz CT molecular complexity index is 1470. The van der Waals surface area contributed by atoms with Crippen LogP contribution in [0.3, 0.4) is 0 Å². The van der Waals surface area contributed by atoms with Crippen LogP contribution in [0.2, 0.25) is 0 Å². The van der Waals surface area contributed by atoms with Crippen LogP contribution in [-0.4, -0.2) is 65.7 Å². The number of benzene rings is 3. The first-order chi connectivity index (χ1) is 19.5. The Morgan fingerprint density at radius 3 is 2.38 bits per heavy atom. The van der Waals surface area contributed by atoms with Gasteiger partial charge in [0.05, 0.1) is 39.9 Å². The minimum Gasteiger partial charge on any atom is -0.504 e. The molecule has 0 aliphatic heterocycles. The Morgan fingerprint density at radius 1 is 1.00 bits per heavy atom. The first kappa shape index (κ1) is 28.3. The molecule has 11 nitrogen and oxygen atoms in total. The van der Waals surface area contributed by atoms with Crippen molar-refractivity contribution in [2.75, 3.05) is 33.7 Å². The largest absolute Gasteiger partial charge is 0.504 e. The van der Waals surface area contributed by atoms with Gasteiger partial charge in [0, 0.05) is 16.8 Å². The van der Waals surface area contributed by atoms with Crippen molar-refractivity contribution in [1.29, 1.82) is 0 Å². The normalized spacial score (nSPS) is 10.9. The van der Waals surface area contributed by atoms with Crippen LogP contribution in [0.4, 0.5) is 0 Å². The third kappa shape index (κ3) is 6.29. The van der Waals surface area contributed by atoms with Gasteiger partial charge in [-0.25, -0.2) is 5.43 Å². The van der Waals surface area contributed by atoms with Gasteiger partial charge in [-0.1, -0.05) is 36.0 Å². The second-order valence-corrected chi connectivity index (χ2v) is 9.04. The fraction of sp³-hybridized carbons (Fsp3) is 0.214. The quantitative estimate of drug-likeness (QED) is 0.147. The lowest BCUT2D eigenvalue weighted by Crippen LogP contribution is -2.20. The number of methoxy groups -OCH3 is 3. The van der Waals surface area contributed by atoms with Crippen molar-refractivity contribution < 1.29 is 28.8 Å². The number of nitrogens with one attached hydrogen (secondary N) is 1. The number of amides is 1. The van der Waals surface area contributed by atoms with Crippen LogP contribution in [-0.2, 0) is 4.79 Å². The summed E-state index contributed by atoms with van der Waals surface area (Å²) >= 11 is 1.20. The molecule has 4 aromatic rings. The Balaban J connectivity index is 1.56. The highest BCUT2D eigenvalue weighted by molar-refractivity contribution is 7.99. The highest BCUT2D eigenvalue weighted by Crippen LogP contribution is 2.41. The molecule has 1 aromatic heterocycles. The smallest absolute Gasteiger partial charge is 0.250 e. The molecule has 0 saturated heterocycles. The number of aromatic hydroxyl groups is 1. The van der Waals surface area contributed by atoms with E-state index < -0.39 is 0 Å². The number of rotatable bonds is 12. The van der Waals surface area contributed by atoms with E-state index in [-0.39, 0.29) is 17.4 Å². The van der Waals surface area contributed by atoms with E-state index in [1.165, 1.54) is 25.1 Å². The average molecular weight is 564 g/mol. The standard InChI is InChI=1S/C28H29N5O6S/c1-5-39-21-13-9-10-18(25(21)35)16-29-30-24(34)17-40-28-32-31-27(33(28)20-11-7-6-8-12-20)19-14-22(36-2)26(38-4)23(15-19)37-3/h6-16,35H,5,17H2,1-4H3,(H,30,34). The summed E-state index contributed by atoms with van der Waals surface area (Å²) in [5.74, 6) is 1.89. The average Bonchev–Trinajstić information content (AvgIpc) is 3.41. The molecule has 0 radical (unpaired) electrons. The molecule has 208 valence electrons. The molecule has 3 aromatic carbocycles. The molecule has 0 saturated carbocycles. The zero-order valence-corrected chi connectivity index (χ0v) is 23.3. The predicted molar refractivity (Wildman–Crippen MR) is 152 cm³/mol. The molecule has 0 fully saturated rings. The van der Waals surface area contributed by atoms with Gasteiger partial charge in [-0.15, -0.1) is 10.2 Å². The van der Waals surface area contributed by atoms with Gasteiger partial charge in [0.1, 0.15) is 0 Å². The molecular formula is C28H29N5O6S. The number of ether oxygens (including phenoxy) is 4. The number of hydrogen-bond donors (Lipinski definition) is 2. The van der Waals surface area contributed by atoms with E-state index in [1.54, 1.807) is 44.6 Å². The molecule has 2 N–H and O–H groups in total. The summed E-state index contributed by atoms with van der Waals surface area (Å²) in [7, 11) is 4.63. The van der Waals surface area contributed by atoms with Gasteiger partial charge in [-0.2, -0.15) is 5.10 Å². The maximum atomic E-state index is 12.6. The highest BCUT2D eigenvalue weighted by Gasteiger charge is 2.21. The highest BCUT2D eigenvalue weighted by atomic mass is 32.2. The van der Waals surface area contributed by atoms with E-state index in [2.05, 4.69) is 20.7 Å². The summed E-state index contributed by atoms with van der Waals surface area (Å²) in [5.41, 5.74) is 4.38. The van der Waals surface area contributed by atoms with Gasteiger partial charge in [0.25, 0.3) is 5.91 Å². The van der Waals surface area contributed by atoms with Gasteiger partial charge in [0.15, 0.2) is 34.0 Å². The van der Waals surface area contributed by atoms with Crippen LogP contribution < -0.4 is 24.4 Å². The van der Waals surface area contributed by atoms with E-state index in [0.717, 1.165) is 5.69 Å². The van der Waals surface area contributed by atoms with Crippen LogP contribution in [0.1, 0.15) is 12.5 Å². The van der Waals surface area contributed by atoms with Crippen LogP contribution in [0.5, 0.6) is 28.7 Å². The maximum Gasteiger partial charge on any atom is 0.250 e. The number of aromatic nitrogens is 3. The van der Waals surface area contributed by atoms with E-state index in [9.17, 15) is 9.90 Å². The number of carbonyl (C=O) groups excluding carboxylic acids is 1. The SMILES string of the molecule is CCOc1cccc(C=NNC(=O)CSc2nnc(-c3cc(OC)c(OC)c(OC)c3)n2-c2ccccc2)c1O. The third-order valence-corrected chi connectivity index (χ3v) is 6.55. The molecular weight excluding hydrogens is 534 g/mol. The summed E-state index contributed by atoms with van der Waals surface area (Å²) in [4.78, 5) is 12.6. The van der Waals surface area contributed by atoms with Gasteiger partial charge in [0.2, 0.25) is 5.75 Å². The second kappa shape index (κ2) is 13.4. The van der Waals surface area contributed by atoms with Crippen molar-refractivity contribution in [2.24, 2.45) is 5.10 Å². The topological polar surface area (TPSA) is 129 Å². The minimum atomic E-state index is -0.362. The second-order valence-electron chi connectivity index (χ2n) is 8.10. The number of para-hydroxylation sites is 2. The number of hydrazone groups is 1. The van der Waals surface area contributed by atoms with Crippen LogP contribution >= 0.6 is 11.8 Å². The summed E-state index contributed by atoms with van der Waals surface area (Å²) in [5, 5.41) is 23.5. The fourth-order valence-electron chi connectivity index (χ4n) is 3.82. The van der Waals surface area contributed by atoms with Crippen LogP contribution in [0.15, 0.2) is 70.9 Å². The zero-order valence-electron chi connectivity index (χ0n) is 22.5. The Kier molecular flexibility index (Phi) is 9.47. The van der Waals surface area contributed by atoms with Crippen molar-refractivity contribution in [1.82, 2.24) is 20.2 Å². The Morgan fingerprint density at radius 2 is 1.73 bits per heavy atom. The van der Waals surface area contributed by atoms with Crippen molar-refractivity contribution in [2.45, 2.75) is 12.1 Å². The maximum absolute atomic E-state index is 12.6. The number of carbonyl (C=O) groups is 1. The number of nitrogens with zero attached hydrogens (tertiary/aromatic N) is 4. The molecule has 0 atom stereocenters. The fourth-order valence-corrected chi connectivity index (χ4v) is 4.57. The van der Waals surface area contributed by atoms with Crippen molar-refractivity contribution in [3.63, 3.8) is 0 Å². The van der Waals surface area contributed by atoms with E-state index in [0.29, 0.717) is 51.7 Å². The van der Waals surface area contributed by atoms with Crippen molar-refractivity contribution in [3.8, 4) is 45.8 Å². The van der Waals surface area contributed by atoms with Gasteiger partial charge in [-0.05, 0) is 43.3 Å². The van der Waals surface area contributed by atoms with Crippen LogP contribution in [0, 0.1) is 0 Å². The number of hydrogen-bond acceptors (Lipinski definition) is 10. The van der Waals surface area contributed by atoms with Crippen LogP contribution in [0.25, 0.3) is 17.1 Å². The monoisotopic (exact) mass is 563 g/mol. The molecule has 1 amide bonds. The molecule has 4 rings (SSSR count). The lowest BCUT2D eigenvalue weighted by atomic mass is 10.1. The molecule has 1 heterocycles. The zero-order chi connectivity index (χ0) is 28.5. The summed E-state index contributed by atoms with van der Waals surface area (Å²) in [6, 6.07) is 18.2. The molecule has 0 aliphatic rings. The van der Waals surface area contributed by atoms with E-state index in [4.69, 9.17) is 18.9 Å². The van der Waals surface area contributed by atoms with Crippen molar-refractivity contribution >= 4 is 23.9 Å². The van der Waals surface area contributed by atoms with E-state index >= 15 is 0 Å². The first-order valence-corrected chi connectivity index (χ1v) is 13.2. The number of phenols is 1. The van der Waals surface area contributed by atoms with Crippen molar-refractivity contribution in [3.05, 3.63) is 66.2 Å². The first-order valence-electron chi connectivity index (χ1n) is 12.2. The third-order valence-electron chi connectivity index (χ3n) is 5.63. The van der Waals surface area contributed by atoms with Gasteiger partial charge < -0.3 is 24.1 Å². The molecule has 12 heteroatoms. The molecule has 0 aliphatic carbocycles. The molecule has 0 bridgehead atoms. The lowest BCUT2D eigenvalue weighted by molar-refractivity contribution is -0.118. The predicted octanol–water partition coefficient (Wildman–Crippen LogP) is 4.31. The molecule has 40 heavy (non-hydrogen) atoms. The molecule has 0 spiro atoms. The summed E-state index contributed by atoms with van der Waals surface area (Å²) < 4.78 is 23.7. The summed E-state index contributed by atoms with van der Waals surface area (Å²) in [6.07, 6.45) is 1.36. The minimum absolute atomic E-state index is 0.0164. The Labute approximate surface area is 235 Å². The molecule has 0 unspecified atom stereocenters. The van der Waals surface area contributed by atoms with E-state index in [1.807, 2.05) is 41.8 Å². The Hall–Kier alpha value is -4.71. The lowest BCUT2D eigenvalue weighted by Gasteiger charge is -2.15. The summed E-state index contributed by atoms with van der Waals surface area (Å²) in [6.45, 7) is 2.24. The number of thioether (sulfide) groups is 1.